The highest BCUT2D eigenvalue weighted by atomic mass is 16.4. The molecule has 0 radical (unpaired) electrons. The van der Waals surface area contributed by atoms with Gasteiger partial charge in [0.1, 0.15) is 0 Å². The molecule has 0 bridgehead atoms. The van der Waals surface area contributed by atoms with Crippen LogP contribution in [0.1, 0.15) is 27.9 Å². The summed E-state index contributed by atoms with van der Waals surface area (Å²) in [6, 6.07) is 13.7. The van der Waals surface area contributed by atoms with Crippen LogP contribution in [0.25, 0.3) is 0 Å². The number of carboxylic acids is 1. The molecular weight excluding hydrogens is 306 g/mol. The summed E-state index contributed by atoms with van der Waals surface area (Å²) in [5.41, 5.74) is 2.71. The summed E-state index contributed by atoms with van der Waals surface area (Å²) in [6.45, 7) is 2.00. The number of anilines is 1. The SMILES string of the molecule is Cc1ccc(C[C@H]2CC(=O)N(c3ccc(C(=O)O)cc3)C2=O)cc1. The minimum absolute atomic E-state index is 0.119. The Labute approximate surface area is 139 Å². The van der Waals surface area contributed by atoms with Crippen LogP contribution in [-0.2, 0) is 16.0 Å². The Kier molecular flexibility index (Phi) is 4.16. The lowest BCUT2D eigenvalue weighted by atomic mass is 9.97. The highest BCUT2D eigenvalue weighted by Crippen LogP contribution is 2.29. The molecule has 0 aromatic heterocycles. The lowest BCUT2D eigenvalue weighted by molar-refractivity contribution is -0.122. The summed E-state index contributed by atoms with van der Waals surface area (Å²) in [7, 11) is 0. The molecule has 3 rings (SSSR count). The Hall–Kier alpha value is -2.95. The summed E-state index contributed by atoms with van der Waals surface area (Å²) in [6.07, 6.45) is 0.696. The number of carbonyl (C=O) groups excluding carboxylic acids is 2. The van der Waals surface area contributed by atoms with Gasteiger partial charge in [-0.1, -0.05) is 29.8 Å². The Morgan fingerprint density at radius 3 is 2.29 bits per heavy atom. The molecule has 1 N–H and O–H groups in total. The summed E-state index contributed by atoms with van der Waals surface area (Å²) < 4.78 is 0. The summed E-state index contributed by atoms with van der Waals surface area (Å²) >= 11 is 0. The third kappa shape index (κ3) is 3.06. The van der Waals surface area contributed by atoms with Crippen molar-refractivity contribution in [2.45, 2.75) is 19.8 Å². The maximum Gasteiger partial charge on any atom is 0.335 e. The predicted molar refractivity (Wildman–Crippen MR) is 88.9 cm³/mol. The fraction of sp³-hybridized carbons (Fsp3) is 0.211. The first kappa shape index (κ1) is 15.9. The number of hydrogen-bond acceptors (Lipinski definition) is 3. The van der Waals surface area contributed by atoms with Crippen molar-refractivity contribution in [3.63, 3.8) is 0 Å². The Morgan fingerprint density at radius 1 is 1.08 bits per heavy atom. The molecule has 2 aromatic carbocycles. The van der Waals surface area contributed by atoms with Crippen LogP contribution in [0, 0.1) is 12.8 Å². The second kappa shape index (κ2) is 6.28. The van der Waals surface area contributed by atoms with Crippen molar-refractivity contribution in [2.24, 2.45) is 5.92 Å². The van der Waals surface area contributed by atoms with E-state index in [0.717, 1.165) is 16.0 Å². The largest absolute Gasteiger partial charge is 0.478 e. The van der Waals surface area contributed by atoms with Crippen molar-refractivity contribution in [3.05, 3.63) is 65.2 Å². The van der Waals surface area contributed by atoms with Gasteiger partial charge in [-0.2, -0.15) is 0 Å². The monoisotopic (exact) mass is 323 g/mol. The van der Waals surface area contributed by atoms with Gasteiger partial charge in [-0.05, 0) is 43.2 Å². The first-order valence-electron chi connectivity index (χ1n) is 7.71. The maximum atomic E-state index is 12.6. The third-order valence-electron chi connectivity index (χ3n) is 4.22. The lowest BCUT2D eigenvalue weighted by Gasteiger charge is -2.15. The zero-order chi connectivity index (χ0) is 17.3. The zero-order valence-electron chi connectivity index (χ0n) is 13.2. The number of aryl methyl sites for hydroxylation is 1. The lowest BCUT2D eigenvalue weighted by Crippen LogP contribution is -2.30. The first-order valence-corrected chi connectivity index (χ1v) is 7.71. The van der Waals surface area contributed by atoms with Gasteiger partial charge < -0.3 is 5.11 Å². The fourth-order valence-electron chi connectivity index (χ4n) is 2.89. The van der Waals surface area contributed by atoms with Gasteiger partial charge in [0, 0.05) is 6.42 Å². The highest BCUT2D eigenvalue weighted by Gasteiger charge is 2.39. The minimum atomic E-state index is -1.04. The maximum absolute atomic E-state index is 12.6. The molecule has 5 nitrogen and oxygen atoms in total. The van der Waals surface area contributed by atoms with Gasteiger partial charge in [-0.15, -0.1) is 0 Å². The molecule has 2 aromatic rings. The van der Waals surface area contributed by atoms with Gasteiger partial charge in [0.2, 0.25) is 11.8 Å². The van der Waals surface area contributed by atoms with Gasteiger partial charge >= 0.3 is 5.97 Å². The molecule has 5 heteroatoms. The third-order valence-corrected chi connectivity index (χ3v) is 4.22. The van der Waals surface area contributed by atoms with Crippen LogP contribution >= 0.6 is 0 Å². The van der Waals surface area contributed by atoms with Gasteiger partial charge in [0.25, 0.3) is 0 Å². The van der Waals surface area contributed by atoms with E-state index in [-0.39, 0.29) is 29.7 Å². The normalized spacial score (nSPS) is 17.4. The van der Waals surface area contributed by atoms with E-state index in [0.29, 0.717) is 12.1 Å². The Balaban J connectivity index is 1.78. The summed E-state index contributed by atoms with van der Waals surface area (Å²) in [5, 5.41) is 8.92. The van der Waals surface area contributed by atoms with E-state index >= 15 is 0 Å². The second-order valence-electron chi connectivity index (χ2n) is 6.01. The number of hydrogen-bond donors (Lipinski definition) is 1. The number of imide groups is 1. The molecular formula is C19H17NO4. The van der Waals surface area contributed by atoms with E-state index in [4.69, 9.17) is 5.11 Å². The number of carbonyl (C=O) groups is 3. The molecule has 1 atom stereocenters. The average molecular weight is 323 g/mol. The molecule has 1 aliphatic rings. The van der Waals surface area contributed by atoms with E-state index in [1.165, 1.54) is 24.3 Å². The topological polar surface area (TPSA) is 74.7 Å². The average Bonchev–Trinajstić information content (AvgIpc) is 2.83. The van der Waals surface area contributed by atoms with Crippen LogP contribution in [0.4, 0.5) is 5.69 Å². The van der Waals surface area contributed by atoms with Crippen molar-refractivity contribution >= 4 is 23.5 Å². The van der Waals surface area contributed by atoms with Crippen LogP contribution < -0.4 is 4.90 Å². The number of amides is 2. The second-order valence-corrected chi connectivity index (χ2v) is 6.01. The van der Waals surface area contributed by atoms with Gasteiger partial charge in [0.05, 0.1) is 17.2 Å². The Morgan fingerprint density at radius 2 is 1.71 bits per heavy atom. The van der Waals surface area contributed by atoms with Gasteiger partial charge in [-0.25, -0.2) is 4.79 Å². The molecule has 1 fully saturated rings. The van der Waals surface area contributed by atoms with Crippen LogP contribution in [0.2, 0.25) is 0 Å². The predicted octanol–water partition coefficient (Wildman–Crippen LogP) is 2.82. The quantitative estimate of drug-likeness (QED) is 0.878. The molecule has 1 heterocycles. The van der Waals surface area contributed by atoms with Crippen LogP contribution in [0.5, 0.6) is 0 Å². The number of rotatable bonds is 4. The first-order chi connectivity index (χ1) is 11.5. The Bertz CT molecular complexity index is 793. The van der Waals surface area contributed by atoms with Crippen molar-refractivity contribution < 1.29 is 19.5 Å². The number of aromatic carboxylic acids is 1. The number of benzene rings is 2. The number of nitrogens with zero attached hydrogens (tertiary/aromatic N) is 1. The zero-order valence-corrected chi connectivity index (χ0v) is 13.2. The van der Waals surface area contributed by atoms with Crippen molar-refractivity contribution in [1.29, 1.82) is 0 Å². The molecule has 1 saturated heterocycles. The van der Waals surface area contributed by atoms with E-state index in [9.17, 15) is 14.4 Å². The van der Waals surface area contributed by atoms with Crippen molar-refractivity contribution in [2.75, 3.05) is 4.90 Å². The molecule has 24 heavy (non-hydrogen) atoms. The van der Waals surface area contributed by atoms with Crippen LogP contribution in [0.3, 0.4) is 0 Å². The van der Waals surface area contributed by atoms with E-state index in [2.05, 4.69) is 0 Å². The van der Waals surface area contributed by atoms with Gasteiger partial charge in [0.15, 0.2) is 0 Å². The molecule has 1 aliphatic heterocycles. The van der Waals surface area contributed by atoms with Crippen LogP contribution in [-0.4, -0.2) is 22.9 Å². The smallest absolute Gasteiger partial charge is 0.335 e. The fourth-order valence-corrected chi connectivity index (χ4v) is 2.89. The van der Waals surface area contributed by atoms with Crippen molar-refractivity contribution in [1.82, 2.24) is 0 Å². The highest BCUT2D eigenvalue weighted by molar-refractivity contribution is 6.21. The number of carboxylic acid groups (broad SMARTS) is 1. The van der Waals surface area contributed by atoms with Crippen molar-refractivity contribution in [3.8, 4) is 0 Å². The minimum Gasteiger partial charge on any atom is -0.478 e. The van der Waals surface area contributed by atoms with E-state index in [1.54, 1.807) is 0 Å². The molecule has 0 spiro atoms. The summed E-state index contributed by atoms with van der Waals surface area (Å²) in [4.78, 5) is 36.9. The molecule has 0 unspecified atom stereocenters. The van der Waals surface area contributed by atoms with E-state index in [1.807, 2.05) is 31.2 Å². The standard InChI is InChI=1S/C19H17NO4/c1-12-2-4-13(5-3-12)10-15-11-17(21)20(18(15)22)16-8-6-14(7-9-16)19(23)24/h2-9,15H,10-11H2,1H3,(H,23,24)/t15-/m0/s1. The molecule has 122 valence electrons. The van der Waals surface area contributed by atoms with E-state index < -0.39 is 5.97 Å². The van der Waals surface area contributed by atoms with Crippen LogP contribution in [0.15, 0.2) is 48.5 Å². The summed E-state index contributed by atoms with van der Waals surface area (Å²) in [5.74, 6) is -1.90. The molecule has 2 amide bonds. The molecule has 0 saturated carbocycles. The van der Waals surface area contributed by atoms with Gasteiger partial charge in [-0.3, -0.25) is 14.5 Å². The molecule has 0 aliphatic carbocycles.